The largest absolute Gasteiger partial charge is 0.356 e. The first kappa shape index (κ1) is 11.7. The number of nitriles is 1. The van der Waals surface area contributed by atoms with E-state index in [-0.39, 0.29) is 6.23 Å². The monoisotopic (exact) mass is 305 g/mol. The van der Waals surface area contributed by atoms with Crippen LogP contribution in [0.1, 0.15) is 31.1 Å². The van der Waals surface area contributed by atoms with E-state index in [1.54, 1.807) is 6.20 Å². The topological polar surface area (TPSA) is 50.8 Å². The fourth-order valence-electron chi connectivity index (χ4n) is 2.38. The molecule has 5 heteroatoms. The van der Waals surface area contributed by atoms with Crippen LogP contribution in [0.2, 0.25) is 0 Å². The second-order valence-corrected chi connectivity index (χ2v) is 5.33. The molecule has 4 nitrogen and oxygen atoms in total. The van der Waals surface area contributed by atoms with E-state index >= 15 is 0 Å². The van der Waals surface area contributed by atoms with Crippen LogP contribution in [0.15, 0.2) is 22.8 Å². The molecule has 1 aromatic carbocycles. The number of benzene rings is 1. The zero-order chi connectivity index (χ0) is 12.5. The highest BCUT2D eigenvalue weighted by molar-refractivity contribution is 9.10. The van der Waals surface area contributed by atoms with Gasteiger partial charge in [0.15, 0.2) is 6.23 Å². The number of aromatic nitrogens is 2. The Balaban J connectivity index is 2.15. The Morgan fingerprint density at radius 2 is 2.33 bits per heavy atom. The van der Waals surface area contributed by atoms with Crippen molar-refractivity contribution in [2.24, 2.45) is 0 Å². The van der Waals surface area contributed by atoms with Crippen molar-refractivity contribution in [3.05, 3.63) is 28.4 Å². The van der Waals surface area contributed by atoms with Gasteiger partial charge in [0.2, 0.25) is 0 Å². The maximum atomic E-state index is 9.25. The van der Waals surface area contributed by atoms with Crippen LogP contribution in [0, 0.1) is 11.3 Å². The van der Waals surface area contributed by atoms with E-state index in [1.807, 2.05) is 16.8 Å². The van der Waals surface area contributed by atoms with Crippen molar-refractivity contribution >= 4 is 26.8 Å². The van der Waals surface area contributed by atoms with Crippen molar-refractivity contribution in [1.82, 2.24) is 9.78 Å². The summed E-state index contributed by atoms with van der Waals surface area (Å²) in [4.78, 5) is 0. The molecule has 1 saturated heterocycles. The van der Waals surface area contributed by atoms with Crippen LogP contribution in [0.25, 0.3) is 10.9 Å². The van der Waals surface area contributed by atoms with Gasteiger partial charge in [0, 0.05) is 16.5 Å². The fraction of sp³-hybridized carbons (Fsp3) is 0.385. The van der Waals surface area contributed by atoms with Gasteiger partial charge in [-0.15, -0.1) is 0 Å². The lowest BCUT2D eigenvalue weighted by Crippen LogP contribution is -2.19. The highest BCUT2D eigenvalue weighted by atomic mass is 79.9. The molecule has 1 aromatic heterocycles. The van der Waals surface area contributed by atoms with E-state index in [9.17, 15) is 5.26 Å². The van der Waals surface area contributed by atoms with Gasteiger partial charge in [0.05, 0.1) is 17.3 Å². The molecule has 0 N–H and O–H groups in total. The van der Waals surface area contributed by atoms with E-state index < -0.39 is 0 Å². The molecule has 1 atom stereocenters. The first-order chi connectivity index (χ1) is 8.79. The van der Waals surface area contributed by atoms with Gasteiger partial charge in [0.25, 0.3) is 0 Å². The molecule has 0 amide bonds. The van der Waals surface area contributed by atoms with Crippen molar-refractivity contribution in [3.8, 4) is 6.07 Å². The maximum absolute atomic E-state index is 9.25. The molecule has 18 heavy (non-hydrogen) atoms. The average Bonchev–Trinajstić information content (AvgIpc) is 2.82. The summed E-state index contributed by atoms with van der Waals surface area (Å²) < 4.78 is 8.48. The van der Waals surface area contributed by atoms with E-state index in [1.165, 1.54) is 0 Å². The summed E-state index contributed by atoms with van der Waals surface area (Å²) in [7, 11) is 0. The third-order valence-electron chi connectivity index (χ3n) is 3.20. The Hall–Kier alpha value is -1.38. The van der Waals surface area contributed by atoms with Gasteiger partial charge in [-0.25, -0.2) is 4.68 Å². The van der Waals surface area contributed by atoms with Crippen molar-refractivity contribution < 1.29 is 4.74 Å². The van der Waals surface area contributed by atoms with Gasteiger partial charge in [-0.3, -0.25) is 0 Å². The molecule has 0 radical (unpaired) electrons. The molecule has 92 valence electrons. The minimum absolute atomic E-state index is 0.0375. The molecule has 2 aromatic rings. The van der Waals surface area contributed by atoms with Crippen molar-refractivity contribution in [2.75, 3.05) is 6.61 Å². The van der Waals surface area contributed by atoms with Gasteiger partial charge >= 0.3 is 0 Å². The van der Waals surface area contributed by atoms with Crippen LogP contribution >= 0.6 is 15.9 Å². The van der Waals surface area contributed by atoms with Gasteiger partial charge in [0.1, 0.15) is 6.07 Å². The second-order valence-electron chi connectivity index (χ2n) is 4.41. The molecule has 0 aliphatic carbocycles. The third-order valence-corrected chi connectivity index (χ3v) is 3.66. The van der Waals surface area contributed by atoms with Crippen LogP contribution in [-0.2, 0) is 4.74 Å². The lowest BCUT2D eigenvalue weighted by Gasteiger charge is -2.23. The molecule has 3 rings (SSSR count). The maximum Gasteiger partial charge on any atom is 0.150 e. The molecule has 1 fully saturated rings. The Bertz CT molecular complexity index is 623. The molecule has 1 aliphatic heterocycles. The smallest absolute Gasteiger partial charge is 0.150 e. The summed E-state index contributed by atoms with van der Waals surface area (Å²) in [5, 5.41) is 14.6. The standard InChI is InChI=1S/C13H12BrN3O/c14-11-5-9(7-15)13-10(6-11)8-16-17(13)12-3-1-2-4-18-12/h5-6,8,12H,1-4H2. The number of fused-ring (bicyclic) bond motifs is 1. The van der Waals surface area contributed by atoms with Gasteiger partial charge in [-0.2, -0.15) is 10.4 Å². The molecule has 1 unspecified atom stereocenters. The molecule has 0 bridgehead atoms. The lowest BCUT2D eigenvalue weighted by molar-refractivity contribution is -0.0367. The number of hydrogen-bond acceptors (Lipinski definition) is 3. The summed E-state index contributed by atoms with van der Waals surface area (Å²) in [6.45, 7) is 0.768. The molecular weight excluding hydrogens is 294 g/mol. The Morgan fingerprint density at radius 1 is 1.44 bits per heavy atom. The van der Waals surface area contributed by atoms with Gasteiger partial charge in [-0.1, -0.05) is 15.9 Å². The summed E-state index contributed by atoms with van der Waals surface area (Å²) in [6, 6.07) is 6.03. The summed E-state index contributed by atoms with van der Waals surface area (Å²) >= 11 is 3.41. The summed E-state index contributed by atoms with van der Waals surface area (Å²) in [5.41, 5.74) is 1.50. The molecular formula is C13H12BrN3O. The normalized spacial score (nSPS) is 19.9. The van der Waals surface area contributed by atoms with E-state index in [0.29, 0.717) is 5.56 Å². The summed E-state index contributed by atoms with van der Waals surface area (Å²) in [6.07, 6.45) is 4.96. The Labute approximate surface area is 113 Å². The lowest BCUT2D eigenvalue weighted by atomic mass is 10.1. The van der Waals surface area contributed by atoms with E-state index in [2.05, 4.69) is 27.1 Å². The zero-order valence-corrected chi connectivity index (χ0v) is 11.4. The number of halogens is 1. The number of nitrogens with zero attached hydrogens (tertiary/aromatic N) is 3. The first-order valence-corrected chi connectivity index (χ1v) is 6.77. The fourth-order valence-corrected chi connectivity index (χ4v) is 2.85. The van der Waals surface area contributed by atoms with E-state index in [4.69, 9.17) is 4.74 Å². The highest BCUT2D eigenvalue weighted by Crippen LogP contribution is 2.29. The van der Waals surface area contributed by atoms with Crippen molar-refractivity contribution in [3.63, 3.8) is 0 Å². The minimum atomic E-state index is -0.0375. The predicted molar refractivity (Wildman–Crippen MR) is 71.0 cm³/mol. The van der Waals surface area contributed by atoms with Gasteiger partial charge < -0.3 is 4.74 Å². The zero-order valence-electron chi connectivity index (χ0n) is 9.77. The minimum Gasteiger partial charge on any atom is -0.356 e. The van der Waals surface area contributed by atoms with E-state index in [0.717, 1.165) is 41.2 Å². The third kappa shape index (κ3) is 1.92. The van der Waals surface area contributed by atoms with Crippen LogP contribution < -0.4 is 0 Å². The number of ether oxygens (including phenoxy) is 1. The molecule has 2 heterocycles. The van der Waals surface area contributed by atoms with Crippen LogP contribution in [0.5, 0.6) is 0 Å². The number of rotatable bonds is 1. The van der Waals surface area contributed by atoms with Crippen LogP contribution in [-0.4, -0.2) is 16.4 Å². The molecule has 0 saturated carbocycles. The quantitative estimate of drug-likeness (QED) is 0.811. The summed E-state index contributed by atoms with van der Waals surface area (Å²) in [5.74, 6) is 0. The Kier molecular flexibility index (Phi) is 3.06. The molecule has 1 aliphatic rings. The van der Waals surface area contributed by atoms with Crippen molar-refractivity contribution in [2.45, 2.75) is 25.5 Å². The van der Waals surface area contributed by atoms with Gasteiger partial charge in [-0.05, 0) is 31.4 Å². The predicted octanol–water partition coefficient (Wildman–Crippen LogP) is 3.37. The van der Waals surface area contributed by atoms with Crippen LogP contribution in [0.3, 0.4) is 0 Å². The average molecular weight is 306 g/mol. The first-order valence-electron chi connectivity index (χ1n) is 5.98. The van der Waals surface area contributed by atoms with Crippen molar-refractivity contribution in [1.29, 1.82) is 5.26 Å². The van der Waals surface area contributed by atoms with Crippen LogP contribution in [0.4, 0.5) is 0 Å². The second kappa shape index (κ2) is 4.71. The molecule has 0 spiro atoms. The SMILES string of the molecule is N#Cc1cc(Br)cc2cnn(C3CCCCO3)c12. The highest BCUT2D eigenvalue weighted by Gasteiger charge is 2.20. The number of hydrogen-bond donors (Lipinski definition) is 0. The Morgan fingerprint density at radius 3 is 3.06 bits per heavy atom.